The highest BCUT2D eigenvalue weighted by Gasteiger charge is 2.34. The molecule has 0 aliphatic heterocycles. The molecule has 1 atom stereocenters. The van der Waals surface area contributed by atoms with Crippen LogP contribution in [0.1, 0.15) is 39.7 Å². The van der Waals surface area contributed by atoms with Crippen molar-refractivity contribution in [3.63, 3.8) is 0 Å². The minimum atomic E-state index is -0.809. The largest absolute Gasteiger partial charge is 0.496 e. The first-order valence-electron chi connectivity index (χ1n) is 7.42. The van der Waals surface area contributed by atoms with Gasteiger partial charge in [-0.3, -0.25) is 4.79 Å². The van der Waals surface area contributed by atoms with Crippen LogP contribution >= 0.6 is 0 Å². The molecule has 0 saturated heterocycles. The number of aryl methyl sites for hydroxylation is 1. The molecule has 0 radical (unpaired) electrons. The van der Waals surface area contributed by atoms with Gasteiger partial charge in [0.2, 0.25) is 0 Å². The SMILES string of the molecule is CCOC(C)(CC(C)C)C(=O)Nc1ccc(OC)c(C)c1. The Morgan fingerprint density at radius 2 is 2.05 bits per heavy atom. The predicted molar refractivity (Wildman–Crippen MR) is 85.8 cm³/mol. The van der Waals surface area contributed by atoms with Crippen LogP contribution in [0.25, 0.3) is 0 Å². The molecule has 4 heteroatoms. The van der Waals surface area contributed by atoms with E-state index in [0.29, 0.717) is 18.9 Å². The number of anilines is 1. The summed E-state index contributed by atoms with van der Waals surface area (Å²) in [6, 6.07) is 5.59. The first-order chi connectivity index (χ1) is 9.82. The van der Waals surface area contributed by atoms with Gasteiger partial charge in [0.25, 0.3) is 5.91 Å². The topological polar surface area (TPSA) is 47.6 Å². The van der Waals surface area contributed by atoms with Gasteiger partial charge in [-0.1, -0.05) is 13.8 Å². The molecule has 4 nitrogen and oxygen atoms in total. The fourth-order valence-electron chi connectivity index (χ4n) is 2.53. The quantitative estimate of drug-likeness (QED) is 0.832. The lowest BCUT2D eigenvalue weighted by atomic mass is 9.93. The number of rotatable bonds is 7. The second kappa shape index (κ2) is 7.46. The molecule has 0 saturated carbocycles. The van der Waals surface area contributed by atoms with Gasteiger partial charge in [0, 0.05) is 12.3 Å². The van der Waals surface area contributed by atoms with Gasteiger partial charge in [0.15, 0.2) is 0 Å². The molecular formula is C17H27NO3. The van der Waals surface area contributed by atoms with E-state index in [2.05, 4.69) is 19.2 Å². The minimum Gasteiger partial charge on any atom is -0.496 e. The molecule has 0 heterocycles. The smallest absolute Gasteiger partial charge is 0.256 e. The summed E-state index contributed by atoms with van der Waals surface area (Å²) in [6.45, 7) is 10.4. The number of amides is 1. The molecule has 0 bridgehead atoms. The molecule has 0 aromatic heterocycles. The lowest BCUT2D eigenvalue weighted by molar-refractivity contribution is -0.140. The Labute approximate surface area is 127 Å². The Kier molecular flexibility index (Phi) is 6.21. The molecule has 0 fully saturated rings. The summed E-state index contributed by atoms with van der Waals surface area (Å²) in [5.74, 6) is 1.08. The van der Waals surface area contributed by atoms with Gasteiger partial charge in [-0.05, 0) is 56.9 Å². The number of benzene rings is 1. The van der Waals surface area contributed by atoms with E-state index < -0.39 is 5.60 Å². The molecule has 1 aromatic carbocycles. The molecular weight excluding hydrogens is 266 g/mol. The van der Waals surface area contributed by atoms with E-state index in [9.17, 15) is 4.79 Å². The number of hydrogen-bond acceptors (Lipinski definition) is 3. The molecule has 0 spiro atoms. The van der Waals surface area contributed by atoms with Gasteiger partial charge in [0.1, 0.15) is 11.4 Å². The minimum absolute atomic E-state index is 0.109. The summed E-state index contributed by atoms with van der Waals surface area (Å²) in [5, 5.41) is 2.95. The zero-order valence-electron chi connectivity index (χ0n) is 13.9. The Morgan fingerprint density at radius 1 is 1.38 bits per heavy atom. The van der Waals surface area contributed by atoms with E-state index in [4.69, 9.17) is 9.47 Å². The number of methoxy groups -OCH3 is 1. The molecule has 1 aromatic rings. The number of nitrogens with one attached hydrogen (secondary N) is 1. The van der Waals surface area contributed by atoms with Gasteiger partial charge in [-0.2, -0.15) is 0 Å². The predicted octanol–water partition coefficient (Wildman–Crippen LogP) is 3.78. The van der Waals surface area contributed by atoms with E-state index in [0.717, 1.165) is 17.0 Å². The number of hydrogen-bond donors (Lipinski definition) is 1. The summed E-state index contributed by atoms with van der Waals surface area (Å²) < 4.78 is 10.9. The van der Waals surface area contributed by atoms with Gasteiger partial charge in [-0.15, -0.1) is 0 Å². The summed E-state index contributed by atoms with van der Waals surface area (Å²) in [5.41, 5.74) is 0.932. The standard InChI is InChI=1S/C17H27NO3/c1-7-21-17(5,11-12(2)3)16(19)18-14-8-9-15(20-6)13(4)10-14/h8-10,12H,7,11H2,1-6H3,(H,18,19). The van der Waals surface area contributed by atoms with Crippen LogP contribution in [0.3, 0.4) is 0 Å². The maximum absolute atomic E-state index is 12.6. The van der Waals surface area contributed by atoms with Crippen LogP contribution in [0.5, 0.6) is 5.75 Å². The maximum Gasteiger partial charge on any atom is 0.256 e. The normalized spacial score (nSPS) is 13.9. The van der Waals surface area contributed by atoms with Crippen LogP contribution in [0.4, 0.5) is 5.69 Å². The van der Waals surface area contributed by atoms with E-state index in [-0.39, 0.29) is 5.91 Å². The summed E-state index contributed by atoms with van der Waals surface area (Å²) in [7, 11) is 1.63. The van der Waals surface area contributed by atoms with Gasteiger partial charge >= 0.3 is 0 Å². The van der Waals surface area contributed by atoms with Crippen molar-refractivity contribution in [1.82, 2.24) is 0 Å². The zero-order valence-corrected chi connectivity index (χ0v) is 13.9. The van der Waals surface area contributed by atoms with Crippen LogP contribution < -0.4 is 10.1 Å². The van der Waals surface area contributed by atoms with Gasteiger partial charge in [0.05, 0.1) is 7.11 Å². The fourth-order valence-corrected chi connectivity index (χ4v) is 2.53. The third-order valence-corrected chi connectivity index (χ3v) is 3.39. The van der Waals surface area contributed by atoms with Crippen molar-refractivity contribution < 1.29 is 14.3 Å². The van der Waals surface area contributed by atoms with Crippen molar-refractivity contribution in [3.8, 4) is 5.75 Å². The summed E-state index contributed by atoms with van der Waals surface area (Å²) >= 11 is 0. The van der Waals surface area contributed by atoms with Gasteiger partial charge in [-0.25, -0.2) is 0 Å². The van der Waals surface area contributed by atoms with Crippen molar-refractivity contribution >= 4 is 11.6 Å². The second-order valence-corrected chi connectivity index (χ2v) is 5.90. The van der Waals surface area contributed by atoms with E-state index in [1.807, 2.05) is 39.0 Å². The molecule has 118 valence electrons. The van der Waals surface area contributed by atoms with Crippen LogP contribution in [0.15, 0.2) is 18.2 Å². The third kappa shape index (κ3) is 4.74. The fraction of sp³-hybridized carbons (Fsp3) is 0.588. The molecule has 1 unspecified atom stereocenters. The van der Waals surface area contributed by atoms with E-state index in [1.54, 1.807) is 7.11 Å². The first-order valence-corrected chi connectivity index (χ1v) is 7.42. The Hall–Kier alpha value is -1.55. The Bertz CT molecular complexity index is 485. The van der Waals surface area contributed by atoms with Crippen LogP contribution in [0, 0.1) is 12.8 Å². The average Bonchev–Trinajstić information content (AvgIpc) is 2.38. The third-order valence-electron chi connectivity index (χ3n) is 3.39. The first kappa shape index (κ1) is 17.5. The van der Waals surface area contributed by atoms with Crippen molar-refractivity contribution in [1.29, 1.82) is 0 Å². The van der Waals surface area contributed by atoms with Crippen molar-refractivity contribution in [3.05, 3.63) is 23.8 Å². The number of carbonyl (C=O) groups is 1. The second-order valence-electron chi connectivity index (χ2n) is 5.90. The lowest BCUT2D eigenvalue weighted by Crippen LogP contribution is -2.44. The highest BCUT2D eigenvalue weighted by molar-refractivity contribution is 5.97. The number of carbonyl (C=O) groups excluding carboxylic acids is 1. The number of ether oxygens (including phenoxy) is 2. The van der Waals surface area contributed by atoms with Gasteiger partial charge < -0.3 is 14.8 Å². The summed E-state index contributed by atoms with van der Waals surface area (Å²) in [4.78, 5) is 12.6. The molecule has 0 aliphatic rings. The molecule has 1 amide bonds. The molecule has 0 aliphatic carbocycles. The van der Waals surface area contributed by atoms with E-state index >= 15 is 0 Å². The highest BCUT2D eigenvalue weighted by atomic mass is 16.5. The van der Waals surface area contributed by atoms with Crippen molar-refractivity contribution in [2.45, 2.75) is 46.6 Å². The van der Waals surface area contributed by atoms with Crippen LogP contribution in [-0.2, 0) is 9.53 Å². The van der Waals surface area contributed by atoms with Crippen molar-refractivity contribution in [2.24, 2.45) is 5.92 Å². The zero-order chi connectivity index (χ0) is 16.0. The molecule has 1 N–H and O–H groups in total. The Morgan fingerprint density at radius 3 is 2.52 bits per heavy atom. The van der Waals surface area contributed by atoms with E-state index in [1.165, 1.54) is 0 Å². The highest BCUT2D eigenvalue weighted by Crippen LogP contribution is 2.25. The molecule has 1 rings (SSSR count). The lowest BCUT2D eigenvalue weighted by Gasteiger charge is -2.30. The van der Waals surface area contributed by atoms with Crippen LogP contribution in [-0.4, -0.2) is 25.2 Å². The van der Waals surface area contributed by atoms with Crippen molar-refractivity contribution in [2.75, 3.05) is 19.0 Å². The molecule has 21 heavy (non-hydrogen) atoms. The Balaban J connectivity index is 2.88. The monoisotopic (exact) mass is 293 g/mol. The maximum atomic E-state index is 12.6. The van der Waals surface area contributed by atoms with Crippen LogP contribution in [0.2, 0.25) is 0 Å². The summed E-state index contributed by atoms with van der Waals surface area (Å²) in [6.07, 6.45) is 0.682. The average molecular weight is 293 g/mol.